The Bertz CT molecular complexity index is 280. The first kappa shape index (κ1) is 10.5. The third-order valence-corrected chi connectivity index (χ3v) is 3.26. The zero-order valence-corrected chi connectivity index (χ0v) is 8.93. The van der Waals surface area contributed by atoms with Crippen molar-refractivity contribution in [3.05, 3.63) is 30.3 Å². The SMILES string of the molecule is OCC(COc1ccccc1)C1CCC1. The molecule has 2 heteroatoms. The average molecular weight is 206 g/mol. The maximum Gasteiger partial charge on any atom is 0.119 e. The summed E-state index contributed by atoms with van der Waals surface area (Å²) in [6.07, 6.45) is 3.82. The minimum Gasteiger partial charge on any atom is -0.493 e. The highest BCUT2D eigenvalue weighted by Crippen LogP contribution is 2.33. The molecule has 1 aliphatic rings. The quantitative estimate of drug-likeness (QED) is 0.802. The minimum atomic E-state index is 0.248. The number of hydrogen-bond acceptors (Lipinski definition) is 2. The highest BCUT2D eigenvalue weighted by molar-refractivity contribution is 5.20. The van der Waals surface area contributed by atoms with E-state index in [0.717, 1.165) is 5.75 Å². The summed E-state index contributed by atoms with van der Waals surface area (Å²) in [6.45, 7) is 0.892. The molecule has 1 aliphatic carbocycles. The van der Waals surface area contributed by atoms with Crippen molar-refractivity contribution in [2.24, 2.45) is 11.8 Å². The third-order valence-electron chi connectivity index (χ3n) is 3.26. The van der Waals surface area contributed by atoms with Crippen molar-refractivity contribution in [3.63, 3.8) is 0 Å². The molecule has 1 aromatic carbocycles. The zero-order chi connectivity index (χ0) is 10.5. The molecule has 1 N–H and O–H groups in total. The van der Waals surface area contributed by atoms with Crippen LogP contribution in [0, 0.1) is 11.8 Å². The van der Waals surface area contributed by atoms with Gasteiger partial charge in [-0.1, -0.05) is 24.6 Å². The lowest BCUT2D eigenvalue weighted by molar-refractivity contribution is 0.0796. The van der Waals surface area contributed by atoms with Gasteiger partial charge in [0.15, 0.2) is 0 Å². The summed E-state index contributed by atoms with van der Waals surface area (Å²) in [6, 6.07) is 9.81. The second-order valence-electron chi connectivity index (χ2n) is 4.26. The Labute approximate surface area is 90.9 Å². The van der Waals surface area contributed by atoms with Crippen molar-refractivity contribution in [1.29, 1.82) is 0 Å². The van der Waals surface area contributed by atoms with Crippen molar-refractivity contribution in [3.8, 4) is 5.75 Å². The van der Waals surface area contributed by atoms with Gasteiger partial charge in [0.2, 0.25) is 0 Å². The fraction of sp³-hybridized carbons (Fsp3) is 0.538. The maximum atomic E-state index is 9.26. The van der Waals surface area contributed by atoms with Crippen molar-refractivity contribution >= 4 is 0 Å². The second kappa shape index (κ2) is 5.17. The van der Waals surface area contributed by atoms with Crippen LogP contribution in [-0.4, -0.2) is 18.3 Å². The molecule has 82 valence electrons. The first-order chi connectivity index (χ1) is 7.40. The monoisotopic (exact) mass is 206 g/mol. The molecule has 2 rings (SSSR count). The number of para-hydroxylation sites is 1. The molecule has 1 atom stereocenters. The molecule has 1 fully saturated rings. The normalized spacial score (nSPS) is 18.2. The maximum absolute atomic E-state index is 9.26. The molecule has 1 saturated carbocycles. The Morgan fingerprint density at radius 2 is 2.00 bits per heavy atom. The molecule has 15 heavy (non-hydrogen) atoms. The summed E-state index contributed by atoms with van der Waals surface area (Å²) in [5.74, 6) is 1.90. The Morgan fingerprint density at radius 3 is 2.53 bits per heavy atom. The van der Waals surface area contributed by atoms with E-state index in [9.17, 15) is 5.11 Å². The minimum absolute atomic E-state index is 0.248. The van der Waals surface area contributed by atoms with E-state index in [-0.39, 0.29) is 6.61 Å². The van der Waals surface area contributed by atoms with E-state index < -0.39 is 0 Å². The van der Waals surface area contributed by atoms with E-state index in [0.29, 0.717) is 18.4 Å². The van der Waals surface area contributed by atoms with E-state index in [1.54, 1.807) is 0 Å². The molecule has 0 aromatic heterocycles. The summed E-state index contributed by atoms with van der Waals surface area (Å²) in [5, 5.41) is 9.26. The van der Waals surface area contributed by atoms with E-state index in [1.807, 2.05) is 30.3 Å². The predicted molar refractivity (Wildman–Crippen MR) is 59.9 cm³/mol. The van der Waals surface area contributed by atoms with Crippen LogP contribution in [0.5, 0.6) is 5.75 Å². The van der Waals surface area contributed by atoms with Gasteiger partial charge in [-0.25, -0.2) is 0 Å². The van der Waals surface area contributed by atoms with E-state index >= 15 is 0 Å². The fourth-order valence-electron chi connectivity index (χ4n) is 1.97. The molecule has 0 amide bonds. The Morgan fingerprint density at radius 1 is 1.27 bits per heavy atom. The molecule has 0 saturated heterocycles. The van der Waals surface area contributed by atoms with Crippen LogP contribution in [0.4, 0.5) is 0 Å². The molecular formula is C13H18O2. The Kier molecular flexibility index (Phi) is 3.62. The number of aliphatic hydroxyl groups is 1. The lowest BCUT2D eigenvalue weighted by Crippen LogP contribution is -2.29. The van der Waals surface area contributed by atoms with Crippen molar-refractivity contribution in [2.75, 3.05) is 13.2 Å². The second-order valence-corrected chi connectivity index (χ2v) is 4.26. The number of rotatable bonds is 5. The molecule has 0 heterocycles. The molecule has 0 aliphatic heterocycles. The fourth-order valence-corrected chi connectivity index (χ4v) is 1.97. The summed E-state index contributed by atoms with van der Waals surface area (Å²) < 4.78 is 5.66. The van der Waals surface area contributed by atoms with Crippen LogP contribution < -0.4 is 4.74 Å². The van der Waals surface area contributed by atoms with E-state index in [1.165, 1.54) is 19.3 Å². The van der Waals surface area contributed by atoms with E-state index in [2.05, 4.69) is 0 Å². The van der Waals surface area contributed by atoms with Crippen LogP contribution in [0.1, 0.15) is 19.3 Å². The van der Waals surface area contributed by atoms with Gasteiger partial charge in [0.05, 0.1) is 6.61 Å². The first-order valence-corrected chi connectivity index (χ1v) is 5.69. The molecular weight excluding hydrogens is 188 g/mol. The summed E-state index contributed by atoms with van der Waals surface area (Å²) in [4.78, 5) is 0. The summed E-state index contributed by atoms with van der Waals surface area (Å²) in [5.41, 5.74) is 0. The number of benzene rings is 1. The van der Waals surface area contributed by atoms with Gasteiger partial charge in [0, 0.05) is 12.5 Å². The number of ether oxygens (including phenoxy) is 1. The molecule has 1 aromatic rings. The van der Waals surface area contributed by atoms with Crippen LogP contribution in [0.25, 0.3) is 0 Å². The van der Waals surface area contributed by atoms with Crippen LogP contribution in [0.15, 0.2) is 30.3 Å². The number of hydrogen-bond donors (Lipinski definition) is 1. The number of aliphatic hydroxyl groups excluding tert-OH is 1. The molecule has 0 spiro atoms. The third kappa shape index (κ3) is 2.72. The summed E-state index contributed by atoms with van der Waals surface area (Å²) >= 11 is 0. The van der Waals surface area contributed by atoms with Crippen molar-refractivity contribution in [1.82, 2.24) is 0 Å². The van der Waals surface area contributed by atoms with Gasteiger partial charge >= 0.3 is 0 Å². The van der Waals surface area contributed by atoms with Crippen LogP contribution in [-0.2, 0) is 0 Å². The highest BCUT2D eigenvalue weighted by atomic mass is 16.5. The Hall–Kier alpha value is -1.02. The molecule has 2 nitrogen and oxygen atoms in total. The van der Waals surface area contributed by atoms with E-state index in [4.69, 9.17) is 4.74 Å². The van der Waals surface area contributed by atoms with Gasteiger partial charge in [-0.05, 0) is 30.9 Å². The van der Waals surface area contributed by atoms with Gasteiger partial charge in [0.25, 0.3) is 0 Å². The van der Waals surface area contributed by atoms with Gasteiger partial charge in [-0.2, -0.15) is 0 Å². The van der Waals surface area contributed by atoms with Crippen LogP contribution in [0.2, 0.25) is 0 Å². The van der Waals surface area contributed by atoms with Gasteiger partial charge in [-0.15, -0.1) is 0 Å². The van der Waals surface area contributed by atoms with Crippen molar-refractivity contribution in [2.45, 2.75) is 19.3 Å². The Balaban J connectivity index is 1.80. The molecule has 0 radical (unpaired) electrons. The molecule has 0 bridgehead atoms. The summed E-state index contributed by atoms with van der Waals surface area (Å²) in [7, 11) is 0. The van der Waals surface area contributed by atoms with Crippen molar-refractivity contribution < 1.29 is 9.84 Å². The van der Waals surface area contributed by atoms with Crippen LogP contribution in [0.3, 0.4) is 0 Å². The first-order valence-electron chi connectivity index (χ1n) is 5.69. The van der Waals surface area contributed by atoms with Crippen LogP contribution >= 0.6 is 0 Å². The lowest BCUT2D eigenvalue weighted by atomic mass is 9.76. The largest absolute Gasteiger partial charge is 0.493 e. The van der Waals surface area contributed by atoms with Gasteiger partial charge in [0.1, 0.15) is 5.75 Å². The molecule has 1 unspecified atom stereocenters. The van der Waals surface area contributed by atoms with Gasteiger partial charge < -0.3 is 9.84 Å². The smallest absolute Gasteiger partial charge is 0.119 e. The average Bonchev–Trinajstić information content (AvgIpc) is 2.23. The zero-order valence-electron chi connectivity index (χ0n) is 8.93. The predicted octanol–water partition coefficient (Wildman–Crippen LogP) is 2.47. The lowest BCUT2D eigenvalue weighted by Gasteiger charge is -2.32. The highest BCUT2D eigenvalue weighted by Gasteiger charge is 2.27. The van der Waals surface area contributed by atoms with Gasteiger partial charge in [-0.3, -0.25) is 0 Å². The standard InChI is InChI=1S/C13H18O2/c14-9-12(11-5-4-6-11)10-15-13-7-2-1-3-8-13/h1-3,7-8,11-12,14H,4-6,9-10H2. The topological polar surface area (TPSA) is 29.5 Å².